The second kappa shape index (κ2) is 8.46. The van der Waals surface area contributed by atoms with Gasteiger partial charge in [-0.1, -0.05) is 0 Å². The zero-order chi connectivity index (χ0) is 15.9. The average Bonchev–Trinajstić information content (AvgIpc) is 2.72. The highest BCUT2D eigenvalue weighted by molar-refractivity contribution is 7.91. The third-order valence-corrected chi connectivity index (χ3v) is 5.69. The van der Waals surface area contributed by atoms with E-state index in [9.17, 15) is 8.42 Å². The summed E-state index contributed by atoms with van der Waals surface area (Å²) in [6.45, 7) is 9.09. The Kier molecular flexibility index (Phi) is 7.60. The Bertz CT molecular complexity index is 389. The Morgan fingerprint density at radius 3 is 2.48 bits per heavy atom. The fourth-order valence-electron chi connectivity index (χ4n) is 2.62. The van der Waals surface area contributed by atoms with Gasteiger partial charge in [0.25, 0.3) is 0 Å². The van der Waals surface area contributed by atoms with E-state index in [0.29, 0.717) is 37.2 Å². The first-order chi connectivity index (χ1) is 9.73. The van der Waals surface area contributed by atoms with E-state index in [0.717, 1.165) is 19.4 Å². The second-order valence-corrected chi connectivity index (χ2v) is 9.18. The predicted octanol–water partition coefficient (Wildman–Crippen LogP) is 1.48. The molecule has 6 heteroatoms. The SMILES string of the molecule is COCCOCCC(CNC(C)(C)C)C1CCS(=O)(=O)C1. The minimum Gasteiger partial charge on any atom is -0.382 e. The van der Waals surface area contributed by atoms with Crippen molar-refractivity contribution in [3.8, 4) is 0 Å². The van der Waals surface area contributed by atoms with Crippen LogP contribution in [0.25, 0.3) is 0 Å². The minimum atomic E-state index is -2.82. The summed E-state index contributed by atoms with van der Waals surface area (Å²) in [6.07, 6.45) is 1.68. The van der Waals surface area contributed by atoms with Crippen LogP contribution in [0.4, 0.5) is 0 Å². The van der Waals surface area contributed by atoms with Crippen molar-refractivity contribution in [2.75, 3.05) is 45.0 Å². The van der Waals surface area contributed by atoms with Crippen molar-refractivity contribution in [3.63, 3.8) is 0 Å². The van der Waals surface area contributed by atoms with E-state index in [1.165, 1.54) is 0 Å². The number of ether oxygens (including phenoxy) is 2. The van der Waals surface area contributed by atoms with Crippen LogP contribution in [0.1, 0.15) is 33.6 Å². The molecule has 0 aromatic carbocycles. The molecule has 1 aliphatic heterocycles. The Morgan fingerprint density at radius 2 is 1.95 bits per heavy atom. The molecule has 2 atom stereocenters. The van der Waals surface area contributed by atoms with Gasteiger partial charge in [-0.3, -0.25) is 0 Å². The summed E-state index contributed by atoms with van der Waals surface area (Å²) >= 11 is 0. The standard InChI is InChI=1S/C15H31NO4S/c1-15(2,3)16-11-13(5-7-20-9-8-19-4)14-6-10-21(17,18)12-14/h13-14,16H,5-12H2,1-4H3. The van der Waals surface area contributed by atoms with E-state index >= 15 is 0 Å². The lowest BCUT2D eigenvalue weighted by atomic mass is 9.88. The van der Waals surface area contributed by atoms with Crippen molar-refractivity contribution in [2.45, 2.75) is 39.2 Å². The highest BCUT2D eigenvalue weighted by Gasteiger charge is 2.33. The van der Waals surface area contributed by atoms with Crippen LogP contribution < -0.4 is 5.32 Å². The fraction of sp³-hybridized carbons (Fsp3) is 1.00. The van der Waals surface area contributed by atoms with Crippen molar-refractivity contribution < 1.29 is 17.9 Å². The van der Waals surface area contributed by atoms with Gasteiger partial charge in [0.05, 0.1) is 24.7 Å². The van der Waals surface area contributed by atoms with Gasteiger partial charge in [0.15, 0.2) is 9.84 Å². The van der Waals surface area contributed by atoms with Gasteiger partial charge in [0, 0.05) is 19.3 Å². The van der Waals surface area contributed by atoms with Crippen LogP contribution in [0.2, 0.25) is 0 Å². The van der Waals surface area contributed by atoms with Crippen molar-refractivity contribution in [3.05, 3.63) is 0 Å². The number of nitrogens with one attached hydrogen (secondary N) is 1. The summed E-state index contributed by atoms with van der Waals surface area (Å²) in [7, 11) is -1.17. The molecule has 0 spiro atoms. The molecule has 0 radical (unpaired) electrons. The monoisotopic (exact) mass is 321 g/mol. The van der Waals surface area contributed by atoms with Crippen molar-refractivity contribution in [1.82, 2.24) is 5.32 Å². The normalized spacial score (nSPS) is 23.3. The van der Waals surface area contributed by atoms with Gasteiger partial charge in [0.1, 0.15) is 0 Å². The highest BCUT2D eigenvalue weighted by atomic mass is 32.2. The van der Waals surface area contributed by atoms with Gasteiger partial charge in [-0.2, -0.15) is 0 Å². The van der Waals surface area contributed by atoms with Crippen molar-refractivity contribution >= 4 is 9.84 Å². The largest absolute Gasteiger partial charge is 0.382 e. The molecule has 5 nitrogen and oxygen atoms in total. The zero-order valence-corrected chi connectivity index (χ0v) is 14.7. The quantitative estimate of drug-likeness (QED) is 0.652. The summed E-state index contributed by atoms with van der Waals surface area (Å²) < 4.78 is 33.9. The van der Waals surface area contributed by atoms with Crippen molar-refractivity contribution in [2.24, 2.45) is 11.8 Å². The molecule has 1 rings (SSSR count). The molecule has 0 aromatic heterocycles. The summed E-state index contributed by atoms with van der Waals surface area (Å²) in [6, 6.07) is 0. The molecule has 0 aliphatic carbocycles. The Labute approximate surface area is 129 Å². The van der Waals surface area contributed by atoms with Gasteiger partial charge in [-0.05, 0) is 52.0 Å². The van der Waals surface area contributed by atoms with Crippen molar-refractivity contribution in [1.29, 1.82) is 0 Å². The highest BCUT2D eigenvalue weighted by Crippen LogP contribution is 2.28. The second-order valence-electron chi connectivity index (χ2n) is 6.95. The van der Waals surface area contributed by atoms with E-state index in [2.05, 4.69) is 26.1 Å². The summed E-state index contributed by atoms with van der Waals surface area (Å²) in [5.74, 6) is 1.29. The number of rotatable bonds is 9. The third-order valence-electron chi connectivity index (χ3n) is 3.89. The third kappa shape index (κ3) is 8.14. The van der Waals surface area contributed by atoms with Crippen LogP contribution in [0.5, 0.6) is 0 Å². The van der Waals surface area contributed by atoms with Crippen LogP contribution in [0.3, 0.4) is 0 Å². The maximum atomic E-state index is 11.7. The number of methoxy groups -OCH3 is 1. The Morgan fingerprint density at radius 1 is 1.24 bits per heavy atom. The van der Waals surface area contributed by atoms with E-state index in [-0.39, 0.29) is 11.5 Å². The maximum Gasteiger partial charge on any atom is 0.150 e. The lowest BCUT2D eigenvalue weighted by Crippen LogP contribution is -2.41. The summed E-state index contributed by atoms with van der Waals surface area (Å²) in [5, 5.41) is 3.50. The van der Waals surface area contributed by atoms with Gasteiger partial charge in [0.2, 0.25) is 0 Å². The topological polar surface area (TPSA) is 64.6 Å². The molecular formula is C15H31NO4S. The van der Waals surface area contributed by atoms with Crippen LogP contribution in [0.15, 0.2) is 0 Å². The smallest absolute Gasteiger partial charge is 0.150 e. The lowest BCUT2D eigenvalue weighted by Gasteiger charge is -2.28. The molecule has 0 bridgehead atoms. The van der Waals surface area contributed by atoms with Crippen LogP contribution in [-0.2, 0) is 19.3 Å². The molecule has 1 N–H and O–H groups in total. The first kappa shape index (κ1) is 18.9. The lowest BCUT2D eigenvalue weighted by molar-refractivity contribution is 0.0597. The first-order valence-electron chi connectivity index (χ1n) is 7.75. The molecule has 0 saturated carbocycles. The summed E-state index contributed by atoms with van der Waals surface area (Å²) in [5.41, 5.74) is 0.0483. The van der Waals surface area contributed by atoms with E-state index < -0.39 is 9.84 Å². The Balaban J connectivity index is 2.46. The molecule has 1 heterocycles. The molecule has 0 aromatic rings. The first-order valence-corrected chi connectivity index (χ1v) is 9.58. The fourth-order valence-corrected chi connectivity index (χ4v) is 4.54. The number of sulfone groups is 1. The Hall–Kier alpha value is -0.170. The molecule has 1 fully saturated rings. The van der Waals surface area contributed by atoms with Crippen LogP contribution in [-0.4, -0.2) is 58.9 Å². The molecule has 1 aliphatic rings. The van der Waals surface area contributed by atoms with Crippen LogP contribution in [0, 0.1) is 11.8 Å². The molecule has 2 unspecified atom stereocenters. The van der Waals surface area contributed by atoms with Gasteiger partial charge in [-0.25, -0.2) is 8.42 Å². The van der Waals surface area contributed by atoms with Gasteiger partial charge >= 0.3 is 0 Å². The van der Waals surface area contributed by atoms with Gasteiger partial charge < -0.3 is 14.8 Å². The molecule has 21 heavy (non-hydrogen) atoms. The summed E-state index contributed by atoms with van der Waals surface area (Å²) in [4.78, 5) is 0. The molecule has 126 valence electrons. The van der Waals surface area contributed by atoms with E-state index in [4.69, 9.17) is 9.47 Å². The number of hydrogen-bond donors (Lipinski definition) is 1. The average molecular weight is 321 g/mol. The number of hydrogen-bond acceptors (Lipinski definition) is 5. The van der Waals surface area contributed by atoms with Crippen LogP contribution >= 0.6 is 0 Å². The van der Waals surface area contributed by atoms with Gasteiger partial charge in [-0.15, -0.1) is 0 Å². The predicted molar refractivity (Wildman–Crippen MR) is 85.3 cm³/mol. The molecular weight excluding hydrogens is 290 g/mol. The zero-order valence-electron chi connectivity index (χ0n) is 13.9. The molecule has 0 amide bonds. The molecule has 1 saturated heterocycles. The minimum absolute atomic E-state index is 0.0483. The van der Waals surface area contributed by atoms with E-state index in [1.54, 1.807) is 7.11 Å². The van der Waals surface area contributed by atoms with E-state index in [1.807, 2.05) is 0 Å². The maximum absolute atomic E-state index is 11.7.